The lowest BCUT2D eigenvalue weighted by molar-refractivity contribution is -0.125. The summed E-state index contributed by atoms with van der Waals surface area (Å²) < 4.78 is 0. The van der Waals surface area contributed by atoms with E-state index in [9.17, 15) is 9.59 Å². The summed E-state index contributed by atoms with van der Waals surface area (Å²) in [5.41, 5.74) is 3.36. The summed E-state index contributed by atoms with van der Waals surface area (Å²) in [7, 11) is 0. The molecule has 2 amide bonds. The largest absolute Gasteiger partial charge is 0.349 e. The van der Waals surface area contributed by atoms with Crippen LogP contribution in [0.4, 0.5) is 0 Å². The molecule has 3 atom stereocenters. The van der Waals surface area contributed by atoms with E-state index in [-0.39, 0.29) is 23.8 Å². The number of hydrogen-bond acceptors (Lipinski definition) is 5. The van der Waals surface area contributed by atoms with Gasteiger partial charge in [-0.3, -0.25) is 9.59 Å². The highest BCUT2D eigenvalue weighted by Crippen LogP contribution is 2.33. The summed E-state index contributed by atoms with van der Waals surface area (Å²) in [6, 6.07) is 10.4. The highest BCUT2D eigenvalue weighted by Gasteiger charge is 2.42. The molecule has 0 radical (unpaired) electrons. The number of benzene rings is 1. The number of nitrogens with zero attached hydrogens (tertiary/aromatic N) is 4. The van der Waals surface area contributed by atoms with Gasteiger partial charge in [-0.2, -0.15) is 0 Å². The Bertz CT molecular complexity index is 1020. The Morgan fingerprint density at radius 1 is 0.971 bits per heavy atom. The first-order valence-corrected chi connectivity index (χ1v) is 13.1. The maximum atomic E-state index is 13.2. The molecule has 1 N–H and O–H groups in total. The zero-order chi connectivity index (χ0) is 24.4. The van der Waals surface area contributed by atoms with Gasteiger partial charge in [-0.25, -0.2) is 9.97 Å². The fraction of sp³-hybridized carbons (Fsp3) is 0.571. The van der Waals surface area contributed by atoms with Crippen LogP contribution in [0.25, 0.3) is 0 Å². The van der Waals surface area contributed by atoms with Crippen molar-refractivity contribution in [1.82, 2.24) is 25.1 Å². The van der Waals surface area contributed by atoms with Crippen molar-refractivity contribution in [2.45, 2.75) is 52.0 Å². The van der Waals surface area contributed by atoms with Crippen molar-refractivity contribution >= 4 is 11.8 Å². The summed E-state index contributed by atoms with van der Waals surface area (Å²) in [6.07, 6.45) is 6.81. The second kappa shape index (κ2) is 10.4. The quantitative estimate of drug-likeness (QED) is 0.663. The third-order valence-corrected chi connectivity index (χ3v) is 8.27. The molecule has 1 aromatic carbocycles. The van der Waals surface area contributed by atoms with E-state index in [0.29, 0.717) is 17.4 Å². The van der Waals surface area contributed by atoms with Crippen molar-refractivity contribution in [3.8, 4) is 0 Å². The van der Waals surface area contributed by atoms with Gasteiger partial charge in [0.2, 0.25) is 5.91 Å². The average molecular weight is 476 g/mol. The Kier molecular flexibility index (Phi) is 7.14. The zero-order valence-electron chi connectivity index (χ0n) is 20.9. The Balaban J connectivity index is 1.17. The summed E-state index contributed by atoms with van der Waals surface area (Å²) in [5.74, 6) is 1.48. The van der Waals surface area contributed by atoms with Gasteiger partial charge in [0, 0.05) is 38.6 Å². The number of aryl methyl sites for hydroxylation is 2. The van der Waals surface area contributed by atoms with Crippen molar-refractivity contribution in [1.29, 1.82) is 0 Å². The normalized spacial score (nSPS) is 23.4. The van der Waals surface area contributed by atoms with Crippen molar-refractivity contribution in [2.24, 2.45) is 17.8 Å². The van der Waals surface area contributed by atoms with Crippen LogP contribution in [0.15, 0.2) is 36.7 Å². The van der Waals surface area contributed by atoms with Crippen LogP contribution in [-0.4, -0.2) is 64.3 Å². The SMILES string of the molecule is Cc1ncnc(C)c1C(=O)N1CC2CN(CCC(NC(=O)C3CCCC3)c3ccccc3)C[C@H]2C1. The number of likely N-dealkylation sites (tertiary alicyclic amines) is 2. The first-order valence-electron chi connectivity index (χ1n) is 13.1. The van der Waals surface area contributed by atoms with Crippen LogP contribution in [0.2, 0.25) is 0 Å². The minimum Gasteiger partial charge on any atom is -0.349 e. The molecule has 0 bridgehead atoms. The van der Waals surface area contributed by atoms with Gasteiger partial charge >= 0.3 is 0 Å². The lowest BCUT2D eigenvalue weighted by Gasteiger charge is -2.26. The monoisotopic (exact) mass is 475 g/mol. The van der Waals surface area contributed by atoms with Crippen LogP contribution < -0.4 is 5.32 Å². The summed E-state index contributed by atoms with van der Waals surface area (Å²) in [4.78, 5) is 39.0. The number of hydrogen-bond donors (Lipinski definition) is 1. The molecule has 3 fully saturated rings. The highest BCUT2D eigenvalue weighted by atomic mass is 16.2. The molecule has 2 unspecified atom stereocenters. The molecule has 1 saturated carbocycles. The minimum absolute atomic E-state index is 0.0480. The highest BCUT2D eigenvalue weighted by molar-refractivity contribution is 5.96. The number of carbonyl (C=O) groups is 2. The van der Waals surface area contributed by atoms with E-state index < -0.39 is 0 Å². The van der Waals surface area contributed by atoms with Gasteiger partial charge in [-0.05, 0) is 50.5 Å². The molecule has 3 heterocycles. The minimum atomic E-state index is 0.0480. The molecular weight excluding hydrogens is 438 g/mol. The molecule has 5 rings (SSSR count). The number of carbonyl (C=O) groups excluding carboxylic acids is 2. The van der Waals surface area contributed by atoms with Gasteiger partial charge < -0.3 is 15.1 Å². The molecule has 2 aliphatic heterocycles. The van der Waals surface area contributed by atoms with Crippen LogP contribution in [0, 0.1) is 31.6 Å². The fourth-order valence-corrected chi connectivity index (χ4v) is 6.30. The van der Waals surface area contributed by atoms with Crippen LogP contribution in [0.3, 0.4) is 0 Å². The molecule has 2 aromatic rings. The second-order valence-corrected chi connectivity index (χ2v) is 10.7. The van der Waals surface area contributed by atoms with Gasteiger partial charge in [0.25, 0.3) is 5.91 Å². The molecule has 7 nitrogen and oxygen atoms in total. The molecule has 1 aliphatic carbocycles. The van der Waals surface area contributed by atoms with Gasteiger partial charge in [-0.15, -0.1) is 0 Å². The smallest absolute Gasteiger partial charge is 0.257 e. The van der Waals surface area contributed by atoms with Crippen LogP contribution in [0.1, 0.15) is 65.5 Å². The van der Waals surface area contributed by atoms with Gasteiger partial charge in [-0.1, -0.05) is 43.2 Å². The Hall–Kier alpha value is -2.80. The number of amides is 2. The molecule has 186 valence electrons. The van der Waals surface area contributed by atoms with Crippen LogP contribution >= 0.6 is 0 Å². The molecule has 0 spiro atoms. The number of fused-ring (bicyclic) bond motifs is 1. The first kappa shape index (κ1) is 23.9. The van der Waals surface area contributed by atoms with E-state index >= 15 is 0 Å². The predicted octanol–water partition coefficient (Wildman–Crippen LogP) is 3.54. The maximum absolute atomic E-state index is 13.2. The number of aromatic nitrogens is 2. The maximum Gasteiger partial charge on any atom is 0.257 e. The van der Waals surface area contributed by atoms with Gasteiger partial charge in [0.05, 0.1) is 23.0 Å². The Morgan fingerprint density at radius 2 is 1.60 bits per heavy atom. The lowest BCUT2D eigenvalue weighted by atomic mass is 10.0. The second-order valence-electron chi connectivity index (χ2n) is 10.7. The van der Waals surface area contributed by atoms with E-state index in [1.54, 1.807) is 0 Å². The molecule has 7 heteroatoms. The molecule has 1 aromatic heterocycles. The molecular formula is C28H37N5O2. The van der Waals surface area contributed by atoms with E-state index in [1.165, 1.54) is 24.7 Å². The van der Waals surface area contributed by atoms with Crippen LogP contribution in [-0.2, 0) is 4.79 Å². The molecule has 3 aliphatic rings. The third kappa shape index (κ3) is 5.25. The zero-order valence-corrected chi connectivity index (χ0v) is 20.9. The fourth-order valence-electron chi connectivity index (χ4n) is 6.30. The summed E-state index contributed by atoms with van der Waals surface area (Å²) >= 11 is 0. The predicted molar refractivity (Wildman–Crippen MR) is 135 cm³/mol. The van der Waals surface area contributed by atoms with E-state index in [4.69, 9.17) is 0 Å². The first-order chi connectivity index (χ1) is 17.0. The van der Waals surface area contributed by atoms with Crippen LogP contribution in [0.5, 0.6) is 0 Å². The van der Waals surface area contributed by atoms with Gasteiger partial charge in [0.15, 0.2) is 0 Å². The van der Waals surface area contributed by atoms with E-state index in [2.05, 4.69) is 44.5 Å². The van der Waals surface area contributed by atoms with Crippen molar-refractivity contribution in [3.05, 3.63) is 59.2 Å². The van der Waals surface area contributed by atoms with Crippen molar-refractivity contribution in [3.63, 3.8) is 0 Å². The Morgan fingerprint density at radius 3 is 2.23 bits per heavy atom. The van der Waals surface area contributed by atoms with Crippen molar-refractivity contribution < 1.29 is 9.59 Å². The van der Waals surface area contributed by atoms with Crippen molar-refractivity contribution in [2.75, 3.05) is 32.7 Å². The Labute approximate surface area is 208 Å². The summed E-state index contributed by atoms with van der Waals surface area (Å²) in [5, 5.41) is 3.37. The number of rotatable bonds is 7. The topological polar surface area (TPSA) is 78.4 Å². The average Bonchev–Trinajstić information content (AvgIpc) is 3.59. The third-order valence-electron chi connectivity index (χ3n) is 8.27. The molecule has 35 heavy (non-hydrogen) atoms. The summed E-state index contributed by atoms with van der Waals surface area (Å²) in [6.45, 7) is 8.34. The van der Waals surface area contributed by atoms with E-state index in [1.807, 2.05) is 24.8 Å². The lowest BCUT2D eigenvalue weighted by Crippen LogP contribution is -2.37. The van der Waals surface area contributed by atoms with E-state index in [0.717, 1.165) is 63.4 Å². The standard InChI is InChI=1S/C28H37N5O2/c1-19-26(20(2)30-18-29-19)28(35)33-16-23-14-32(15-24(23)17-33)13-12-25(21-8-4-3-5-9-21)31-27(34)22-10-6-7-11-22/h3-5,8-9,18,22-25H,6-7,10-17H2,1-2H3,(H,31,34)/t23-,24?,25?/m0/s1. The molecule has 2 saturated heterocycles. The van der Waals surface area contributed by atoms with Gasteiger partial charge in [0.1, 0.15) is 6.33 Å². The number of nitrogens with one attached hydrogen (secondary N) is 1.